The molecule has 1 heterocycles. The molecule has 0 bridgehead atoms. The quantitative estimate of drug-likeness (QED) is 0.509. The van der Waals surface area contributed by atoms with E-state index in [-0.39, 0.29) is 11.9 Å². The maximum atomic E-state index is 11.1. The number of piperazine rings is 1. The molecule has 0 aliphatic carbocycles. The lowest BCUT2D eigenvalue weighted by Gasteiger charge is -2.32. The second-order valence-electron chi connectivity index (χ2n) is 3.01. The van der Waals surface area contributed by atoms with Crippen molar-refractivity contribution in [1.29, 1.82) is 0 Å². The van der Waals surface area contributed by atoms with Crippen molar-refractivity contribution in [3.63, 3.8) is 0 Å². The molecule has 0 unspecified atom stereocenters. The van der Waals surface area contributed by atoms with Gasteiger partial charge in [0.05, 0.1) is 6.04 Å². The smallest absolute Gasteiger partial charge is 0.239 e. The minimum absolute atomic E-state index is 0.00579. The summed E-state index contributed by atoms with van der Waals surface area (Å²) in [6.07, 6.45) is 0. The highest BCUT2D eigenvalue weighted by atomic mass is 16.2. The Morgan fingerprint density at radius 1 is 1.60 bits per heavy atom. The van der Waals surface area contributed by atoms with Crippen molar-refractivity contribution in [3.8, 4) is 0 Å². The Morgan fingerprint density at radius 2 is 2.20 bits per heavy atom. The first-order valence-electron chi connectivity index (χ1n) is 3.62. The zero-order valence-corrected chi connectivity index (χ0v) is 6.72. The van der Waals surface area contributed by atoms with Gasteiger partial charge in [0.2, 0.25) is 5.91 Å². The van der Waals surface area contributed by atoms with Crippen molar-refractivity contribution < 1.29 is 4.79 Å². The zero-order valence-electron chi connectivity index (χ0n) is 6.72. The summed E-state index contributed by atoms with van der Waals surface area (Å²) < 4.78 is 0. The number of likely N-dealkylation sites (N-methyl/N-ethyl adjacent to an activating group) is 1. The summed E-state index contributed by atoms with van der Waals surface area (Å²) in [5, 5.41) is 3.17. The molecule has 3 heteroatoms. The van der Waals surface area contributed by atoms with Crippen molar-refractivity contribution >= 4 is 5.91 Å². The minimum Gasteiger partial charge on any atom is -0.343 e. The fourth-order valence-electron chi connectivity index (χ4n) is 1.38. The molecule has 0 spiro atoms. The maximum Gasteiger partial charge on any atom is 0.239 e. The average molecular weight is 142 g/mol. The molecule has 58 valence electrons. The van der Waals surface area contributed by atoms with E-state index < -0.39 is 0 Å². The molecule has 1 saturated heterocycles. The summed E-state index contributed by atoms with van der Waals surface area (Å²) in [6, 6.07) is 0.423. The van der Waals surface area contributed by atoms with Gasteiger partial charge in [-0.1, -0.05) is 0 Å². The molecule has 0 saturated carbocycles. The highest BCUT2D eigenvalue weighted by Crippen LogP contribution is 2.01. The van der Waals surface area contributed by atoms with Crippen LogP contribution in [0.5, 0.6) is 0 Å². The van der Waals surface area contributed by atoms with Crippen LogP contribution in [0.15, 0.2) is 0 Å². The van der Waals surface area contributed by atoms with Crippen molar-refractivity contribution in [1.82, 2.24) is 10.2 Å². The number of carbonyl (C=O) groups excluding carboxylic acids is 1. The fraction of sp³-hybridized carbons (Fsp3) is 0.857. The van der Waals surface area contributed by atoms with Gasteiger partial charge in [-0.2, -0.15) is 0 Å². The van der Waals surface area contributed by atoms with Crippen LogP contribution < -0.4 is 5.32 Å². The highest BCUT2D eigenvalue weighted by molar-refractivity contribution is 5.82. The summed E-state index contributed by atoms with van der Waals surface area (Å²) >= 11 is 0. The van der Waals surface area contributed by atoms with Crippen LogP contribution in [0.2, 0.25) is 0 Å². The van der Waals surface area contributed by atoms with E-state index in [1.807, 2.05) is 14.0 Å². The van der Waals surface area contributed by atoms with Gasteiger partial charge in [0.1, 0.15) is 0 Å². The molecule has 0 radical (unpaired) electrons. The lowest BCUT2D eigenvalue weighted by Crippen LogP contribution is -2.56. The van der Waals surface area contributed by atoms with E-state index in [1.165, 1.54) is 0 Å². The van der Waals surface area contributed by atoms with Gasteiger partial charge in [0, 0.05) is 19.6 Å². The van der Waals surface area contributed by atoms with E-state index in [2.05, 4.69) is 12.2 Å². The third-order valence-electron chi connectivity index (χ3n) is 1.83. The molecule has 0 aromatic rings. The fourth-order valence-corrected chi connectivity index (χ4v) is 1.38. The number of rotatable bonds is 0. The summed E-state index contributed by atoms with van der Waals surface area (Å²) in [5.74, 6) is 0.193. The van der Waals surface area contributed by atoms with Crippen molar-refractivity contribution in [3.05, 3.63) is 0 Å². The van der Waals surface area contributed by atoms with Gasteiger partial charge in [-0.3, -0.25) is 4.79 Å². The van der Waals surface area contributed by atoms with Crippen molar-refractivity contribution in [2.75, 3.05) is 13.6 Å². The van der Waals surface area contributed by atoms with Gasteiger partial charge in [-0.25, -0.2) is 0 Å². The zero-order chi connectivity index (χ0) is 7.72. The maximum absolute atomic E-state index is 11.1. The first kappa shape index (κ1) is 7.54. The molecule has 1 amide bonds. The molecular weight excluding hydrogens is 128 g/mol. The molecule has 10 heavy (non-hydrogen) atoms. The van der Waals surface area contributed by atoms with Crippen LogP contribution in [0.1, 0.15) is 13.8 Å². The molecular formula is C7H14N2O. The van der Waals surface area contributed by atoms with Crippen molar-refractivity contribution in [2.24, 2.45) is 0 Å². The van der Waals surface area contributed by atoms with Crippen LogP contribution in [0, 0.1) is 0 Å². The number of nitrogens with zero attached hydrogens (tertiary/aromatic N) is 1. The molecule has 1 N–H and O–H groups in total. The Balaban J connectivity index is 2.57. The third-order valence-corrected chi connectivity index (χ3v) is 1.83. The van der Waals surface area contributed by atoms with Crippen LogP contribution in [0.3, 0.4) is 0 Å². The van der Waals surface area contributed by atoms with Gasteiger partial charge in [-0.05, 0) is 13.8 Å². The summed E-state index contributed by atoms with van der Waals surface area (Å²) in [6.45, 7) is 4.80. The van der Waals surface area contributed by atoms with E-state index in [9.17, 15) is 4.79 Å². The van der Waals surface area contributed by atoms with Crippen LogP contribution in [-0.2, 0) is 4.79 Å². The largest absolute Gasteiger partial charge is 0.343 e. The Bertz CT molecular complexity index is 133. The first-order valence-corrected chi connectivity index (χ1v) is 3.62. The molecule has 0 aromatic heterocycles. The lowest BCUT2D eigenvalue weighted by atomic mass is 10.1. The lowest BCUT2D eigenvalue weighted by molar-refractivity contribution is -0.134. The molecule has 1 aliphatic heterocycles. The number of hydrogen-bond acceptors (Lipinski definition) is 2. The monoisotopic (exact) mass is 142 g/mol. The second-order valence-corrected chi connectivity index (χ2v) is 3.01. The van der Waals surface area contributed by atoms with Crippen LogP contribution >= 0.6 is 0 Å². The number of carbonyl (C=O) groups is 1. The van der Waals surface area contributed by atoms with Gasteiger partial charge in [-0.15, -0.1) is 0 Å². The number of nitrogens with one attached hydrogen (secondary N) is 1. The second kappa shape index (κ2) is 2.58. The van der Waals surface area contributed by atoms with Crippen LogP contribution in [0.4, 0.5) is 0 Å². The summed E-state index contributed by atoms with van der Waals surface area (Å²) in [5.41, 5.74) is 0. The van der Waals surface area contributed by atoms with Crippen LogP contribution in [0.25, 0.3) is 0 Å². The highest BCUT2D eigenvalue weighted by Gasteiger charge is 2.25. The molecule has 1 aliphatic rings. The molecule has 1 fully saturated rings. The SMILES string of the molecule is C[C@@H]1CN(C)C(=O)[C@H](C)N1. The topological polar surface area (TPSA) is 32.3 Å². The average Bonchev–Trinajstić information content (AvgIpc) is 1.82. The predicted molar refractivity (Wildman–Crippen MR) is 39.7 cm³/mol. The first-order chi connectivity index (χ1) is 4.61. The normalized spacial score (nSPS) is 34.7. The van der Waals surface area contributed by atoms with Gasteiger partial charge < -0.3 is 10.2 Å². The Labute approximate surface area is 61.4 Å². The van der Waals surface area contributed by atoms with Gasteiger partial charge in [0.25, 0.3) is 0 Å². The Hall–Kier alpha value is -0.570. The van der Waals surface area contributed by atoms with Gasteiger partial charge >= 0.3 is 0 Å². The van der Waals surface area contributed by atoms with E-state index in [0.29, 0.717) is 6.04 Å². The van der Waals surface area contributed by atoms with Gasteiger partial charge in [0.15, 0.2) is 0 Å². The van der Waals surface area contributed by atoms with E-state index in [4.69, 9.17) is 0 Å². The minimum atomic E-state index is -0.00579. The molecule has 0 aromatic carbocycles. The molecule has 3 nitrogen and oxygen atoms in total. The predicted octanol–water partition coefficient (Wildman–Crippen LogP) is -0.175. The van der Waals surface area contributed by atoms with Crippen molar-refractivity contribution in [2.45, 2.75) is 25.9 Å². The van der Waals surface area contributed by atoms with E-state index in [1.54, 1.807) is 4.90 Å². The van der Waals surface area contributed by atoms with Crippen LogP contribution in [-0.4, -0.2) is 36.5 Å². The Kier molecular flexibility index (Phi) is 1.94. The standard InChI is InChI=1S/C7H14N2O/c1-5-4-9(3)7(10)6(2)8-5/h5-6,8H,4H2,1-3H3/t5-,6+/m1/s1. The van der Waals surface area contributed by atoms with E-state index in [0.717, 1.165) is 6.54 Å². The number of amides is 1. The molecule has 1 rings (SSSR count). The third kappa shape index (κ3) is 1.29. The van der Waals surface area contributed by atoms with E-state index >= 15 is 0 Å². The summed E-state index contributed by atoms with van der Waals surface area (Å²) in [4.78, 5) is 12.9. The summed E-state index contributed by atoms with van der Waals surface area (Å²) in [7, 11) is 1.84. The molecule has 2 atom stereocenters. The Morgan fingerprint density at radius 3 is 2.70 bits per heavy atom. The number of hydrogen-bond donors (Lipinski definition) is 1.